The summed E-state index contributed by atoms with van der Waals surface area (Å²) >= 11 is 9.29. The van der Waals surface area contributed by atoms with Crippen LogP contribution in [0.5, 0.6) is 0 Å². The van der Waals surface area contributed by atoms with E-state index in [0.717, 1.165) is 42.7 Å². The number of carbonyl (C=O) groups excluding carboxylic acids is 7. The number of carbonyl (C=O) groups is 7. The zero-order chi connectivity index (χ0) is 54.7. The van der Waals surface area contributed by atoms with Crippen LogP contribution in [0.3, 0.4) is 0 Å². The Balaban J connectivity index is 1.06. The molecule has 3 aliphatic rings. The van der Waals surface area contributed by atoms with E-state index in [-0.39, 0.29) is 25.9 Å². The molecule has 402 valence electrons. The number of hydrogen-bond acceptors (Lipinski definition) is 15. The van der Waals surface area contributed by atoms with Crippen LogP contribution in [0.25, 0.3) is 15.4 Å². The lowest BCUT2D eigenvalue weighted by Gasteiger charge is -2.36. The smallest absolute Gasteiger partial charge is 0.247 e. The van der Waals surface area contributed by atoms with Gasteiger partial charge in [-0.15, -0.1) is 32.9 Å². The third-order valence-electron chi connectivity index (χ3n) is 13.8. The molecule has 8 N–H and O–H groups in total. The number of amides is 7. The third-order valence-corrected chi connectivity index (χ3v) is 16.2. The molecule has 3 aliphatic heterocycles. The first-order valence-corrected chi connectivity index (χ1v) is 26.9. The average molecular weight is 1100 g/mol. The number of nitrogens with zero attached hydrogens (tertiary/aromatic N) is 6. The Kier molecular flexibility index (Phi) is 16.8. The highest BCUT2D eigenvalue weighted by atomic mass is 35.5. The Morgan fingerprint density at radius 1 is 0.829 bits per heavy atom. The number of aliphatic imine (C=N–C) groups is 1. The molecular weight excluding hydrogens is 1030 g/mol. The molecule has 0 bridgehead atoms. The molecule has 0 saturated carbocycles. The van der Waals surface area contributed by atoms with Gasteiger partial charge in [0.1, 0.15) is 35.0 Å². The van der Waals surface area contributed by atoms with E-state index in [1.807, 2.05) is 65.2 Å². The maximum Gasteiger partial charge on any atom is 0.247 e. The molecule has 2 aromatic carbocycles. The highest BCUT2D eigenvalue weighted by Gasteiger charge is 2.41. The fourth-order valence-corrected chi connectivity index (χ4v) is 11.5. The van der Waals surface area contributed by atoms with Crippen LogP contribution in [0.15, 0.2) is 59.0 Å². The van der Waals surface area contributed by atoms with Crippen LogP contribution in [0.1, 0.15) is 97.1 Å². The van der Waals surface area contributed by atoms with E-state index in [4.69, 9.17) is 16.6 Å². The first-order valence-electron chi connectivity index (χ1n) is 24.9. The largest absolute Gasteiger partial charge is 0.392 e. The second kappa shape index (κ2) is 23.1. The number of halogens is 1. The third kappa shape index (κ3) is 12.5. The number of thiazole rings is 1. The number of aliphatic hydroxyl groups is 1. The molecule has 7 atom stereocenters. The number of aliphatic hydroxyl groups excluding tert-OH is 1. The van der Waals surface area contributed by atoms with E-state index in [1.54, 1.807) is 58.1 Å². The number of thiophene rings is 1. The normalized spacial score (nSPS) is 23.4. The van der Waals surface area contributed by atoms with Crippen molar-refractivity contribution in [1.82, 2.24) is 61.9 Å². The van der Waals surface area contributed by atoms with Gasteiger partial charge in [0.25, 0.3) is 0 Å². The zero-order valence-electron chi connectivity index (χ0n) is 43.4. The zero-order valence-corrected chi connectivity index (χ0v) is 45.8. The molecule has 0 unspecified atom stereocenters. The summed E-state index contributed by atoms with van der Waals surface area (Å²) in [5, 5.41) is 40.0. The second-order valence-corrected chi connectivity index (χ2v) is 22.9. The molecule has 7 amide bonds. The van der Waals surface area contributed by atoms with Gasteiger partial charge in [-0.05, 0) is 75.3 Å². The van der Waals surface area contributed by atoms with Gasteiger partial charge in [-0.1, -0.05) is 68.8 Å². The number of nitrogens with one attached hydrogen (secondary N) is 7. The summed E-state index contributed by atoms with van der Waals surface area (Å²) in [6.45, 7) is 13.5. The first-order chi connectivity index (χ1) is 36.1. The van der Waals surface area contributed by atoms with Crippen molar-refractivity contribution in [2.24, 2.45) is 10.4 Å². The van der Waals surface area contributed by atoms with Crippen LogP contribution in [0, 0.1) is 33.1 Å². The molecule has 5 aromatic rings. The maximum absolute atomic E-state index is 14.3. The van der Waals surface area contributed by atoms with Crippen molar-refractivity contribution in [3.05, 3.63) is 104 Å². The Hall–Kier alpha value is -6.92. The molecule has 2 fully saturated rings. The van der Waals surface area contributed by atoms with E-state index in [0.29, 0.717) is 27.9 Å². The summed E-state index contributed by atoms with van der Waals surface area (Å²) in [5.41, 5.74) is 6.46. The molecule has 0 spiro atoms. The summed E-state index contributed by atoms with van der Waals surface area (Å²) in [7, 11) is 0. The van der Waals surface area contributed by atoms with Crippen molar-refractivity contribution in [2.75, 3.05) is 32.7 Å². The van der Waals surface area contributed by atoms with Gasteiger partial charge < -0.3 is 42.3 Å². The molecule has 8 rings (SSSR count). The highest BCUT2D eigenvalue weighted by Crippen LogP contribution is 2.40. The van der Waals surface area contributed by atoms with E-state index in [1.165, 1.54) is 18.3 Å². The number of fused-ring (bicyclic) bond motifs is 4. The van der Waals surface area contributed by atoms with Crippen molar-refractivity contribution in [3.8, 4) is 15.4 Å². The minimum absolute atomic E-state index is 0.0404. The maximum atomic E-state index is 14.3. The Labute approximate surface area is 452 Å². The van der Waals surface area contributed by atoms with Gasteiger partial charge in [0.15, 0.2) is 5.82 Å². The fourth-order valence-electron chi connectivity index (χ4n) is 9.33. The lowest BCUT2D eigenvalue weighted by molar-refractivity contribution is -0.133. The van der Waals surface area contributed by atoms with Gasteiger partial charge in [0.05, 0.1) is 53.4 Å². The average Bonchev–Trinajstić information content (AvgIpc) is 4.17. The predicted molar refractivity (Wildman–Crippen MR) is 287 cm³/mol. The van der Waals surface area contributed by atoms with Gasteiger partial charge in [-0.25, -0.2) is 4.98 Å². The minimum Gasteiger partial charge on any atom is -0.392 e. The van der Waals surface area contributed by atoms with Crippen molar-refractivity contribution in [2.45, 2.75) is 111 Å². The van der Waals surface area contributed by atoms with Crippen LogP contribution in [0.2, 0.25) is 5.02 Å². The summed E-state index contributed by atoms with van der Waals surface area (Å²) in [4.78, 5) is 111. The van der Waals surface area contributed by atoms with E-state index in [2.05, 4.69) is 52.4 Å². The SMILES string of the molecule is Cc1ncsc1-c1ccc([C@H]2NC(=O)[C@@H]3C[C@@H](O)CN3C[C@H](C(C)(C)C)NC(=O)CNC(=O)[C@H](C)NC(=O)[C@@H](CNC(=O)C[C@@H]3N=C(c4ccc(Cl)cc4)c4c(sc(C)c4C)-n4c(C)nnc43)NC(=O)CNC2=O)cc1. The molecule has 24 heteroatoms. The van der Waals surface area contributed by atoms with Crippen LogP contribution in [-0.4, -0.2) is 140 Å². The highest BCUT2D eigenvalue weighted by molar-refractivity contribution is 7.15. The number of aromatic nitrogens is 4. The number of hydrogen-bond donors (Lipinski definition) is 8. The van der Waals surface area contributed by atoms with Crippen molar-refractivity contribution in [3.63, 3.8) is 0 Å². The van der Waals surface area contributed by atoms with Crippen LogP contribution in [0.4, 0.5) is 0 Å². The first kappa shape index (κ1) is 55.3. The van der Waals surface area contributed by atoms with Gasteiger partial charge >= 0.3 is 0 Å². The molecule has 3 aromatic heterocycles. The molecule has 76 heavy (non-hydrogen) atoms. The molecule has 0 aliphatic carbocycles. The van der Waals surface area contributed by atoms with Crippen LogP contribution in [-0.2, 0) is 33.6 Å². The number of benzene rings is 2. The minimum atomic E-state index is -1.50. The molecule has 2 saturated heterocycles. The van der Waals surface area contributed by atoms with Crippen molar-refractivity contribution < 1.29 is 38.7 Å². The van der Waals surface area contributed by atoms with E-state index >= 15 is 0 Å². The van der Waals surface area contributed by atoms with E-state index < -0.39 is 109 Å². The Morgan fingerprint density at radius 2 is 1.50 bits per heavy atom. The quantitative estimate of drug-likeness (QED) is 0.117. The molecular formula is C52H62ClN13O8S2. The topological polar surface area (TPSA) is 283 Å². The molecule has 6 heterocycles. The van der Waals surface area contributed by atoms with Crippen LogP contribution < -0.4 is 37.2 Å². The Bertz CT molecular complexity index is 3070. The van der Waals surface area contributed by atoms with Gasteiger partial charge in [0, 0.05) is 46.7 Å². The second-order valence-electron chi connectivity index (χ2n) is 20.4. The molecule has 21 nitrogen and oxygen atoms in total. The number of aryl methyl sites for hydroxylation is 3. The van der Waals surface area contributed by atoms with Gasteiger partial charge in [-0.2, -0.15) is 0 Å². The fraction of sp³-hybridized carbons (Fsp3) is 0.442. The van der Waals surface area contributed by atoms with Gasteiger partial charge in [0.2, 0.25) is 41.4 Å². The predicted octanol–water partition coefficient (Wildman–Crippen LogP) is 2.80. The Morgan fingerprint density at radius 3 is 2.17 bits per heavy atom. The van der Waals surface area contributed by atoms with E-state index in [9.17, 15) is 38.7 Å². The standard InChI is InChI=1S/C52H62ClN13O8S2/c1-25-28(4)76-51-42(25)43(30-13-15-33(53)16-14-30)60-35(46-64-63-29(5)66(46)51)18-39(68)54-19-36-48(72)58-27(3)47(71)55-21-41(70)61-38(52(6,7)8)23-65-22-34(67)17-37(65)49(73)62-44(50(74)56-20-40(69)59-36)31-9-11-32(12-10-31)45-26(2)57-24-75-45/h9-16,24,27,34-38,44,67H,17-23H2,1-8H3,(H,54,68)(H,55,71)(H,56,74)(H,58,72)(H,59,69)(H,61,70)(H,62,73)/t27-,34+,35-,36+,37-,38+,44+/m0/s1. The lowest BCUT2D eigenvalue weighted by Crippen LogP contribution is -2.58. The van der Waals surface area contributed by atoms with Gasteiger partial charge in [-0.3, -0.25) is 48.0 Å². The lowest BCUT2D eigenvalue weighted by atomic mass is 9.86. The summed E-state index contributed by atoms with van der Waals surface area (Å²) in [6.07, 6.45) is -1.11. The summed E-state index contributed by atoms with van der Waals surface area (Å²) < 4.78 is 1.89. The summed E-state index contributed by atoms with van der Waals surface area (Å²) in [5.74, 6) is -3.87. The van der Waals surface area contributed by atoms with Crippen LogP contribution >= 0.6 is 34.3 Å². The summed E-state index contributed by atoms with van der Waals surface area (Å²) in [6, 6.07) is 7.79. The van der Waals surface area contributed by atoms with Crippen molar-refractivity contribution >= 4 is 81.3 Å². The monoisotopic (exact) mass is 1100 g/mol. The number of rotatable bonds is 7. The van der Waals surface area contributed by atoms with Crippen molar-refractivity contribution in [1.29, 1.82) is 0 Å². The molecule has 0 radical (unpaired) electrons.